The van der Waals surface area contributed by atoms with Crippen molar-refractivity contribution in [3.8, 4) is 5.75 Å². The maximum Gasteiger partial charge on any atom is 0.319 e. The molecule has 1 fully saturated rings. The van der Waals surface area contributed by atoms with Crippen LogP contribution in [0.3, 0.4) is 0 Å². The number of para-hydroxylation sites is 2. The van der Waals surface area contributed by atoms with Gasteiger partial charge in [-0.05, 0) is 18.6 Å². The molecule has 1 saturated heterocycles. The lowest BCUT2D eigenvalue weighted by Crippen LogP contribution is -2.38. The van der Waals surface area contributed by atoms with Crippen LogP contribution < -0.4 is 15.4 Å². The van der Waals surface area contributed by atoms with E-state index < -0.39 is 10.8 Å². The lowest BCUT2D eigenvalue weighted by Gasteiger charge is -2.13. The van der Waals surface area contributed by atoms with Gasteiger partial charge in [0, 0.05) is 28.3 Å². The van der Waals surface area contributed by atoms with Crippen molar-refractivity contribution in [3.63, 3.8) is 0 Å². The summed E-state index contributed by atoms with van der Waals surface area (Å²) in [6.45, 7) is 0. The van der Waals surface area contributed by atoms with Gasteiger partial charge in [0.1, 0.15) is 5.75 Å². The molecule has 1 aliphatic rings. The van der Waals surface area contributed by atoms with Gasteiger partial charge in [0.2, 0.25) is 0 Å². The van der Waals surface area contributed by atoms with E-state index in [9.17, 15) is 9.00 Å². The Morgan fingerprint density at radius 1 is 1.44 bits per heavy atom. The third kappa shape index (κ3) is 3.22. The van der Waals surface area contributed by atoms with Crippen molar-refractivity contribution in [1.82, 2.24) is 5.32 Å². The standard InChI is InChI=1S/C12H16N2O3S/c1-17-11-5-3-2-4-10(11)14-12(15)13-9-6-7-18(16)8-9/h2-5,9H,6-8H2,1H3,(H2,13,14,15)/t9-,18+/m0/s1. The molecule has 0 radical (unpaired) electrons. The summed E-state index contributed by atoms with van der Waals surface area (Å²) >= 11 is 0. The zero-order valence-electron chi connectivity index (χ0n) is 10.1. The highest BCUT2D eigenvalue weighted by atomic mass is 32.2. The normalized spacial score (nSPS) is 22.5. The monoisotopic (exact) mass is 268 g/mol. The smallest absolute Gasteiger partial charge is 0.319 e. The number of anilines is 1. The molecule has 18 heavy (non-hydrogen) atoms. The number of amides is 2. The van der Waals surface area contributed by atoms with Gasteiger partial charge in [-0.25, -0.2) is 4.79 Å². The van der Waals surface area contributed by atoms with Crippen molar-refractivity contribution < 1.29 is 13.7 Å². The first kappa shape index (κ1) is 12.9. The molecule has 1 heterocycles. The highest BCUT2D eigenvalue weighted by molar-refractivity contribution is 7.85. The van der Waals surface area contributed by atoms with Crippen molar-refractivity contribution >= 4 is 22.5 Å². The molecular formula is C12H16N2O3S. The number of benzene rings is 1. The summed E-state index contributed by atoms with van der Waals surface area (Å²) in [7, 11) is 0.765. The average molecular weight is 268 g/mol. The molecule has 2 atom stereocenters. The maximum absolute atomic E-state index is 11.8. The zero-order valence-corrected chi connectivity index (χ0v) is 11.0. The molecule has 0 unspecified atom stereocenters. The summed E-state index contributed by atoms with van der Waals surface area (Å²) in [5, 5.41) is 5.54. The van der Waals surface area contributed by atoms with Crippen molar-refractivity contribution in [2.45, 2.75) is 12.5 Å². The molecule has 6 heteroatoms. The van der Waals surface area contributed by atoms with Gasteiger partial charge in [0.15, 0.2) is 0 Å². The Hall–Kier alpha value is -1.56. The molecule has 2 N–H and O–H groups in total. The largest absolute Gasteiger partial charge is 0.495 e. The van der Waals surface area contributed by atoms with E-state index in [1.807, 2.05) is 12.1 Å². The minimum absolute atomic E-state index is 0.000500. The van der Waals surface area contributed by atoms with Gasteiger partial charge in [0.25, 0.3) is 0 Å². The second kappa shape index (κ2) is 5.86. The fourth-order valence-electron chi connectivity index (χ4n) is 1.87. The highest BCUT2D eigenvalue weighted by Gasteiger charge is 2.22. The third-order valence-corrected chi connectivity index (χ3v) is 4.24. The number of methoxy groups -OCH3 is 1. The van der Waals surface area contributed by atoms with Crippen LogP contribution in [-0.4, -0.2) is 34.9 Å². The summed E-state index contributed by atoms with van der Waals surface area (Å²) in [6.07, 6.45) is 0.770. The number of carbonyl (C=O) groups excluding carboxylic acids is 1. The van der Waals surface area contributed by atoms with E-state index in [4.69, 9.17) is 4.74 Å². The van der Waals surface area contributed by atoms with E-state index in [1.54, 1.807) is 19.2 Å². The number of hydrogen-bond acceptors (Lipinski definition) is 3. The van der Waals surface area contributed by atoms with E-state index in [1.165, 1.54) is 0 Å². The first-order valence-corrected chi connectivity index (χ1v) is 7.23. The van der Waals surface area contributed by atoms with Crippen LogP contribution in [0.1, 0.15) is 6.42 Å². The van der Waals surface area contributed by atoms with Gasteiger partial charge in [-0.2, -0.15) is 0 Å². The third-order valence-electron chi connectivity index (χ3n) is 2.77. The van der Waals surface area contributed by atoms with Gasteiger partial charge in [0.05, 0.1) is 12.8 Å². The molecule has 0 bridgehead atoms. The first-order valence-electron chi connectivity index (χ1n) is 5.74. The second-order valence-corrected chi connectivity index (χ2v) is 5.72. The lowest BCUT2D eigenvalue weighted by molar-refractivity contribution is 0.249. The fourth-order valence-corrected chi connectivity index (χ4v) is 3.28. The number of urea groups is 1. The van der Waals surface area contributed by atoms with E-state index in [2.05, 4.69) is 10.6 Å². The fraction of sp³-hybridized carbons (Fsp3) is 0.417. The SMILES string of the molecule is COc1ccccc1NC(=O)N[C@H]1CC[S@@](=O)C1. The molecule has 2 amide bonds. The predicted octanol–water partition coefficient (Wildman–Crippen LogP) is 1.34. The number of hydrogen-bond donors (Lipinski definition) is 2. The van der Waals surface area contributed by atoms with E-state index >= 15 is 0 Å². The molecule has 5 nitrogen and oxygen atoms in total. The zero-order chi connectivity index (χ0) is 13.0. The summed E-state index contributed by atoms with van der Waals surface area (Å²) in [4.78, 5) is 11.8. The molecule has 0 aromatic heterocycles. The molecule has 0 saturated carbocycles. The Bertz CT molecular complexity index is 464. The molecule has 98 valence electrons. The van der Waals surface area contributed by atoms with Gasteiger partial charge < -0.3 is 15.4 Å². The predicted molar refractivity (Wildman–Crippen MR) is 71.4 cm³/mol. The molecule has 1 aliphatic heterocycles. The number of ether oxygens (including phenoxy) is 1. The maximum atomic E-state index is 11.8. The van der Waals surface area contributed by atoms with Crippen LogP contribution in [0.5, 0.6) is 5.75 Å². The van der Waals surface area contributed by atoms with Gasteiger partial charge in [-0.1, -0.05) is 12.1 Å². The van der Waals surface area contributed by atoms with Crippen LogP contribution >= 0.6 is 0 Å². The average Bonchev–Trinajstić information content (AvgIpc) is 2.75. The minimum atomic E-state index is -0.789. The van der Waals surface area contributed by atoms with Gasteiger partial charge in [-0.3, -0.25) is 4.21 Å². The Balaban J connectivity index is 1.92. The van der Waals surface area contributed by atoms with Crippen LogP contribution in [0.2, 0.25) is 0 Å². The van der Waals surface area contributed by atoms with Crippen LogP contribution in [-0.2, 0) is 10.8 Å². The van der Waals surface area contributed by atoms with Crippen LogP contribution in [0.4, 0.5) is 10.5 Å². The van der Waals surface area contributed by atoms with Crippen LogP contribution in [0.15, 0.2) is 24.3 Å². The van der Waals surface area contributed by atoms with Crippen LogP contribution in [0, 0.1) is 0 Å². The molecule has 0 spiro atoms. The van der Waals surface area contributed by atoms with Crippen molar-refractivity contribution in [1.29, 1.82) is 0 Å². The lowest BCUT2D eigenvalue weighted by atomic mass is 10.2. The van der Waals surface area contributed by atoms with Crippen molar-refractivity contribution in [2.75, 3.05) is 23.9 Å². The van der Waals surface area contributed by atoms with Crippen molar-refractivity contribution in [3.05, 3.63) is 24.3 Å². The highest BCUT2D eigenvalue weighted by Crippen LogP contribution is 2.22. The number of nitrogens with one attached hydrogen (secondary N) is 2. The Labute approximate surface area is 108 Å². The van der Waals surface area contributed by atoms with Crippen LogP contribution in [0.25, 0.3) is 0 Å². The summed E-state index contributed by atoms with van der Waals surface area (Å²) in [5.74, 6) is 1.82. The summed E-state index contributed by atoms with van der Waals surface area (Å²) < 4.78 is 16.4. The Morgan fingerprint density at radius 2 is 2.22 bits per heavy atom. The summed E-state index contributed by atoms with van der Waals surface area (Å²) in [6, 6.07) is 6.92. The minimum Gasteiger partial charge on any atom is -0.495 e. The molecule has 2 rings (SSSR count). The first-order chi connectivity index (χ1) is 8.69. The van der Waals surface area contributed by atoms with Crippen molar-refractivity contribution in [2.24, 2.45) is 0 Å². The van der Waals surface area contributed by atoms with Gasteiger partial charge >= 0.3 is 6.03 Å². The molecule has 1 aromatic rings. The molecule has 0 aliphatic carbocycles. The Kier molecular flexibility index (Phi) is 4.19. The quantitative estimate of drug-likeness (QED) is 0.869. The van der Waals surface area contributed by atoms with E-state index in [0.717, 1.165) is 6.42 Å². The number of carbonyl (C=O) groups is 1. The van der Waals surface area contributed by atoms with E-state index in [0.29, 0.717) is 22.9 Å². The number of rotatable bonds is 3. The molecule has 1 aromatic carbocycles. The summed E-state index contributed by atoms with van der Waals surface area (Å²) in [5.41, 5.74) is 0.622. The Morgan fingerprint density at radius 3 is 2.89 bits per heavy atom. The van der Waals surface area contributed by atoms with E-state index in [-0.39, 0.29) is 12.1 Å². The van der Waals surface area contributed by atoms with Gasteiger partial charge in [-0.15, -0.1) is 0 Å². The second-order valence-electron chi connectivity index (χ2n) is 4.09. The topological polar surface area (TPSA) is 67.4 Å². The molecular weight excluding hydrogens is 252 g/mol.